The van der Waals surface area contributed by atoms with Gasteiger partial charge in [-0.3, -0.25) is 4.90 Å². The minimum absolute atomic E-state index is 0.348. The lowest BCUT2D eigenvalue weighted by Gasteiger charge is -2.32. The summed E-state index contributed by atoms with van der Waals surface area (Å²) in [5.41, 5.74) is 4.17. The van der Waals surface area contributed by atoms with Crippen molar-refractivity contribution in [2.24, 2.45) is 0 Å². The summed E-state index contributed by atoms with van der Waals surface area (Å²) >= 11 is 0. The summed E-state index contributed by atoms with van der Waals surface area (Å²) < 4.78 is 0. The normalized spacial score (nSPS) is 18.1. The quantitative estimate of drug-likeness (QED) is 0.842. The van der Waals surface area contributed by atoms with Crippen molar-refractivity contribution < 1.29 is 0 Å². The third-order valence-electron chi connectivity index (χ3n) is 4.27. The zero-order chi connectivity index (χ0) is 14.5. The van der Waals surface area contributed by atoms with Crippen LogP contribution < -0.4 is 5.32 Å². The van der Waals surface area contributed by atoms with Crippen LogP contribution in [0.1, 0.15) is 29.2 Å². The van der Waals surface area contributed by atoms with Gasteiger partial charge in [0, 0.05) is 26.2 Å². The van der Waals surface area contributed by atoms with Crippen LogP contribution >= 0.6 is 0 Å². The Morgan fingerprint density at radius 3 is 2.48 bits per heavy atom. The first-order chi connectivity index (χ1) is 10.4. The molecule has 1 unspecified atom stereocenters. The molecule has 2 heteroatoms. The van der Waals surface area contributed by atoms with Crippen LogP contribution in [0.3, 0.4) is 0 Å². The largest absolute Gasteiger partial charge is 0.291 e. The Hall–Kier alpha value is -1.64. The maximum absolute atomic E-state index is 4.57. The molecular formula is C19H23N2. The number of rotatable bonds is 3. The SMILES string of the molecule is Cc1ccccc1C(c1ccccc1)N1CCC[N]CC1. The van der Waals surface area contributed by atoms with Crippen LogP contribution in [0, 0.1) is 6.92 Å². The molecule has 2 nitrogen and oxygen atoms in total. The standard InChI is InChI=1S/C19H23N2/c1-16-8-5-6-11-18(16)19(17-9-3-2-4-10-17)21-14-7-12-20-13-15-21/h2-6,8-11,19H,7,12-15H2,1H3. The van der Waals surface area contributed by atoms with Gasteiger partial charge in [0.05, 0.1) is 6.04 Å². The number of hydrogen-bond donors (Lipinski definition) is 0. The molecule has 0 N–H and O–H groups in total. The van der Waals surface area contributed by atoms with E-state index < -0.39 is 0 Å². The van der Waals surface area contributed by atoms with Gasteiger partial charge in [-0.1, -0.05) is 54.6 Å². The molecule has 0 amide bonds. The molecule has 1 heterocycles. The molecule has 2 aromatic rings. The lowest BCUT2D eigenvalue weighted by atomic mass is 9.93. The molecule has 1 aliphatic heterocycles. The van der Waals surface area contributed by atoms with Gasteiger partial charge in [0.2, 0.25) is 0 Å². The van der Waals surface area contributed by atoms with Gasteiger partial charge in [-0.05, 0) is 30.0 Å². The number of hydrogen-bond acceptors (Lipinski definition) is 1. The smallest absolute Gasteiger partial charge is 0.0604 e. The van der Waals surface area contributed by atoms with Crippen LogP contribution in [0.5, 0.6) is 0 Å². The van der Waals surface area contributed by atoms with E-state index in [9.17, 15) is 0 Å². The number of aryl methyl sites for hydroxylation is 1. The van der Waals surface area contributed by atoms with Gasteiger partial charge in [0.15, 0.2) is 0 Å². The minimum Gasteiger partial charge on any atom is -0.291 e. The molecule has 0 saturated carbocycles. The Morgan fingerprint density at radius 1 is 0.905 bits per heavy atom. The highest BCUT2D eigenvalue weighted by molar-refractivity contribution is 5.36. The number of benzene rings is 2. The second-order valence-electron chi connectivity index (χ2n) is 5.73. The molecule has 1 fully saturated rings. The lowest BCUT2D eigenvalue weighted by molar-refractivity contribution is 0.240. The van der Waals surface area contributed by atoms with Gasteiger partial charge in [-0.25, -0.2) is 5.32 Å². The van der Waals surface area contributed by atoms with E-state index >= 15 is 0 Å². The second-order valence-corrected chi connectivity index (χ2v) is 5.73. The van der Waals surface area contributed by atoms with Gasteiger partial charge in [0.1, 0.15) is 0 Å². The molecule has 0 aromatic heterocycles. The summed E-state index contributed by atoms with van der Waals surface area (Å²) in [6.07, 6.45) is 1.16. The number of nitrogens with zero attached hydrogens (tertiary/aromatic N) is 2. The maximum atomic E-state index is 4.57. The first-order valence-corrected chi connectivity index (χ1v) is 7.84. The highest BCUT2D eigenvalue weighted by Gasteiger charge is 2.24. The van der Waals surface area contributed by atoms with Gasteiger partial charge >= 0.3 is 0 Å². The highest BCUT2D eigenvalue weighted by atomic mass is 15.2. The molecule has 0 spiro atoms. The van der Waals surface area contributed by atoms with Crippen LogP contribution in [-0.4, -0.2) is 31.1 Å². The van der Waals surface area contributed by atoms with E-state index in [1.165, 1.54) is 16.7 Å². The summed E-state index contributed by atoms with van der Waals surface area (Å²) in [5.74, 6) is 0. The van der Waals surface area contributed by atoms with Crippen molar-refractivity contribution in [3.05, 3.63) is 71.3 Å². The van der Waals surface area contributed by atoms with Gasteiger partial charge < -0.3 is 0 Å². The maximum Gasteiger partial charge on any atom is 0.0604 e. The predicted molar refractivity (Wildman–Crippen MR) is 87.5 cm³/mol. The van der Waals surface area contributed by atoms with Gasteiger partial charge in [0.25, 0.3) is 0 Å². The topological polar surface area (TPSA) is 17.3 Å². The average molecular weight is 279 g/mol. The summed E-state index contributed by atoms with van der Waals surface area (Å²) in [7, 11) is 0. The van der Waals surface area contributed by atoms with E-state index in [0.717, 1.165) is 32.6 Å². The Balaban J connectivity index is 2.00. The molecule has 1 radical (unpaired) electrons. The molecule has 0 aliphatic carbocycles. The van der Waals surface area contributed by atoms with Crippen molar-refractivity contribution >= 4 is 0 Å². The molecule has 0 bridgehead atoms. The molecule has 3 rings (SSSR count). The summed E-state index contributed by atoms with van der Waals surface area (Å²) in [6.45, 7) is 6.35. The molecular weight excluding hydrogens is 256 g/mol. The average Bonchev–Trinajstić information content (AvgIpc) is 2.80. The fourth-order valence-corrected chi connectivity index (χ4v) is 3.18. The van der Waals surface area contributed by atoms with Crippen LogP contribution in [-0.2, 0) is 0 Å². The van der Waals surface area contributed by atoms with Crippen LogP contribution in [0.25, 0.3) is 0 Å². The minimum atomic E-state index is 0.348. The molecule has 1 aliphatic rings. The van der Waals surface area contributed by atoms with E-state index in [2.05, 4.69) is 71.7 Å². The van der Waals surface area contributed by atoms with Crippen molar-refractivity contribution in [1.82, 2.24) is 10.2 Å². The summed E-state index contributed by atoms with van der Waals surface area (Å²) in [6, 6.07) is 20.0. The Labute approximate surface area is 127 Å². The van der Waals surface area contributed by atoms with Gasteiger partial charge in [-0.15, -0.1) is 0 Å². The van der Waals surface area contributed by atoms with Crippen molar-refractivity contribution in [3.8, 4) is 0 Å². The zero-order valence-corrected chi connectivity index (χ0v) is 12.7. The van der Waals surface area contributed by atoms with E-state index in [-0.39, 0.29) is 0 Å². The molecule has 1 saturated heterocycles. The van der Waals surface area contributed by atoms with Crippen molar-refractivity contribution in [2.45, 2.75) is 19.4 Å². The molecule has 1 atom stereocenters. The van der Waals surface area contributed by atoms with Crippen molar-refractivity contribution in [1.29, 1.82) is 0 Å². The van der Waals surface area contributed by atoms with Crippen molar-refractivity contribution in [2.75, 3.05) is 26.2 Å². The third kappa shape index (κ3) is 3.34. The third-order valence-corrected chi connectivity index (χ3v) is 4.27. The van der Waals surface area contributed by atoms with E-state index in [4.69, 9.17) is 0 Å². The van der Waals surface area contributed by atoms with Gasteiger partial charge in [-0.2, -0.15) is 0 Å². The Kier molecular flexibility index (Phi) is 4.69. The Morgan fingerprint density at radius 2 is 1.67 bits per heavy atom. The fourth-order valence-electron chi connectivity index (χ4n) is 3.18. The van der Waals surface area contributed by atoms with E-state index in [1.54, 1.807) is 0 Å². The monoisotopic (exact) mass is 279 g/mol. The van der Waals surface area contributed by atoms with Crippen LogP contribution in [0.2, 0.25) is 0 Å². The molecule has 21 heavy (non-hydrogen) atoms. The molecule has 2 aromatic carbocycles. The summed E-state index contributed by atoms with van der Waals surface area (Å²) in [4.78, 5) is 2.59. The van der Waals surface area contributed by atoms with E-state index in [1.807, 2.05) is 0 Å². The predicted octanol–water partition coefficient (Wildman–Crippen LogP) is 3.39. The zero-order valence-electron chi connectivity index (χ0n) is 12.7. The Bertz CT molecular complexity index is 557. The van der Waals surface area contributed by atoms with E-state index in [0.29, 0.717) is 6.04 Å². The van der Waals surface area contributed by atoms with Crippen LogP contribution in [0.15, 0.2) is 54.6 Å². The fraction of sp³-hybridized carbons (Fsp3) is 0.368. The van der Waals surface area contributed by atoms with Crippen LogP contribution in [0.4, 0.5) is 0 Å². The highest BCUT2D eigenvalue weighted by Crippen LogP contribution is 2.31. The first-order valence-electron chi connectivity index (χ1n) is 7.84. The van der Waals surface area contributed by atoms with Crippen molar-refractivity contribution in [3.63, 3.8) is 0 Å². The first kappa shape index (κ1) is 14.3. The molecule has 109 valence electrons. The lowest BCUT2D eigenvalue weighted by Crippen LogP contribution is -2.32. The second kappa shape index (κ2) is 6.88. The summed E-state index contributed by atoms with van der Waals surface area (Å²) in [5, 5.41) is 4.57.